The van der Waals surface area contributed by atoms with E-state index in [9.17, 15) is 9.90 Å². The molecule has 7 nitrogen and oxygen atoms in total. The van der Waals surface area contributed by atoms with E-state index >= 15 is 0 Å². The predicted molar refractivity (Wildman–Crippen MR) is 121 cm³/mol. The molecule has 0 amide bonds. The lowest BCUT2D eigenvalue weighted by Crippen LogP contribution is -2.41. The van der Waals surface area contributed by atoms with Crippen molar-refractivity contribution in [1.82, 2.24) is 15.0 Å². The summed E-state index contributed by atoms with van der Waals surface area (Å²) in [6.45, 7) is 0.0779. The smallest absolute Gasteiger partial charge is 0.259 e. The molecule has 0 fully saturated rings. The van der Waals surface area contributed by atoms with E-state index in [2.05, 4.69) is 9.97 Å². The number of aliphatic hydroxyl groups is 1. The third kappa shape index (κ3) is 3.22. The second-order valence-corrected chi connectivity index (χ2v) is 7.14. The van der Waals surface area contributed by atoms with Crippen molar-refractivity contribution in [1.29, 1.82) is 5.41 Å². The Labute approximate surface area is 178 Å². The summed E-state index contributed by atoms with van der Waals surface area (Å²) in [6.07, 6.45) is 0. The molecule has 31 heavy (non-hydrogen) atoms. The fourth-order valence-corrected chi connectivity index (χ4v) is 3.76. The van der Waals surface area contributed by atoms with E-state index in [4.69, 9.17) is 5.41 Å². The first-order chi connectivity index (χ1) is 15.1. The molecule has 0 saturated carbocycles. The lowest BCUT2D eigenvalue weighted by Gasteiger charge is -2.35. The lowest BCUT2D eigenvalue weighted by molar-refractivity contribution is 0.352. The molecular weight excluding hydrogens is 390 g/mol. The molecule has 3 N–H and O–H groups in total. The SMILES string of the molecule is N=C1C(c2nc3ccccc3c(=O)[nH]2)=C(O)CN1N(c1ccccc1)c1ccccc1. The van der Waals surface area contributed by atoms with Gasteiger partial charge in [-0.3, -0.25) is 20.2 Å². The second kappa shape index (κ2) is 7.46. The molecule has 5 rings (SSSR count). The molecule has 0 radical (unpaired) electrons. The van der Waals surface area contributed by atoms with Gasteiger partial charge in [0.1, 0.15) is 17.2 Å². The quantitative estimate of drug-likeness (QED) is 0.469. The van der Waals surface area contributed by atoms with E-state index in [0.717, 1.165) is 11.4 Å². The van der Waals surface area contributed by atoms with Crippen molar-refractivity contribution < 1.29 is 5.11 Å². The summed E-state index contributed by atoms with van der Waals surface area (Å²) in [5.41, 5.74) is 2.09. The van der Waals surface area contributed by atoms with Gasteiger partial charge in [0.2, 0.25) is 0 Å². The molecule has 1 aromatic heterocycles. The Hall–Kier alpha value is -4.39. The molecule has 0 unspecified atom stereocenters. The number of aromatic nitrogens is 2. The number of benzene rings is 3. The molecule has 7 heteroatoms. The monoisotopic (exact) mass is 409 g/mol. The summed E-state index contributed by atoms with van der Waals surface area (Å²) in [7, 11) is 0. The maximum atomic E-state index is 12.5. The van der Waals surface area contributed by atoms with Crippen molar-refractivity contribution in [2.45, 2.75) is 0 Å². The van der Waals surface area contributed by atoms with E-state index in [1.54, 1.807) is 29.3 Å². The van der Waals surface area contributed by atoms with Crippen LogP contribution < -0.4 is 10.6 Å². The van der Waals surface area contributed by atoms with Crippen LogP contribution in [0.25, 0.3) is 16.5 Å². The summed E-state index contributed by atoms with van der Waals surface area (Å²) in [5, 5.41) is 23.6. The maximum Gasteiger partial charge on any atom is 0.259 e. The van der Waals surface area contributed by atoms with Crippen LogP contribution in [0.4, 0.5) is 11.4 Å². The van der Waals surface area contributed by atoms with Crippen LogP contribution in [0.5, 0.6) is 0 Å². The summed E-state index contributed by atoms with van der Waals surface area (Å²) in [4.78, 5) is 19.8. The lowest BCUT2D eigenvalue weighted by atomic mass is 10.2. The minimum atomic E-state index is -0.310. The van der Waals surface area contributed by atoms with Crippen molar-refractivity contribution in [3.05, 3.63) is 107 Å². The van der Waals surface area contributed by atoms with Gasteiger partial charge in [0.25, 0.3) is 5.56 Å². The largest absolute Gasteiger partial charge is 0.509 e. The number of hydrazine groups is 1. The van der Waals surface area contributed by atoms with Gasteiger partial charge in [-0.25, -0.2) is 4.98 Å². The molecule has 0 saturated heterocycles. The Morgan fingerprint density at radius 1 is 0.903 bits per heavy atom. The van der Waals surface area contributed by atoms with Gasteiger partial charge in [0, 0.05) is 0 Å². The molecule has 0 aliphatic carbocycles. The molecule has 0 bridgehead atoms. The first kappa shape index (κ1) is 18.6. The zero-order valence-electron chi connectivity index (χ0n) is 16.5. The molecule has 1 aliphatic rings. The third-order valence-corrected chi connectivity index (χ3v) is 5.18. The molecule has 0 spiro atoms. The molecule has 4 aromatic rings. The Bertz CT molecular complexity index is 1320. The van der Waals surface area contributed by atoms with Gasteiger partial charge < -0.3 is 10.1 Å². The molecule has 152 valence electrons. The average Bonchev–Trinajstić information content (AvgIpc) is 3.09. The highest BCUT2D eigenvalue weighted by Crippen LogP contribution is 2.34. The second-order valence-electron chi connectivity index (χ2n) is 7.14. The van der Waals surface area contributed by atoms with Gasteiger partial charge >= 0.3 is 0 Å². The molecule has 3 aromatic carbocycles. The summed E-state index contributed by atoms with van der Waals surface area (Å²) < 4.78 is 0. The number of nitrogens with one attached hydrogen (secondary N) is 2. The number of para-hydroxylation sites is 3. The van der Waals surface area contributed by atoms with Crippen molar-refractivity contribution in [3.63, 3.8) is 0 Å². The van der Waals surface area contributed by atoms with Crippen molar-refractivity contribution in [2.24, 2.45) is 0 Å². The number of amidine groups is 1. The highest BCUT2D eigenvalue weighted by molar-refractivity contribution is 6.23. The van der Waals surface area contributed by atoms with Crippen LogP contribution in [0.1, 0.15) is 5.82 Å². The molecular formula is C24H19N5O2. The number of H-pyrrole nitrogens is 1. The standard InChI is InChI=1S/C24H19N5O2/c25-22-21(23-26-19-14-8-7-13-18(19)24(31)27-23)20(30)15-28(22)29(16-9-3-1-4-10-16)17-11-5-2-6-12-17/h1-14,25,30H,15H2,(H,26,27,31). The fourth-order valence-electron chi connectivity index (χ4n) is 3.76. The highest BCUT2D eigenvalue weighted by atomic mass is 16.3. The summed E-state index contributed by atoms with van der Waals surface area (Å²) in [5.74, 6) is 0.193. The number of aliphatic hydroxyl groups excluding tert-OH is 1. The van der Waals surface area contributed by atoms with Gasteiger partial charge in [0.05, 0.1) is 28.8 Å². The van der Waals surface area contributed by atoms with E-state index < -0.39 is 0 Å². The highest BCUT2D eigenvalue weighted by Gasteiger charge is 2.34. The zero-order valence-corrected chi connectivity index (χ0v) is 16.5. The number of rotatable bonds is 4. The number of hydrogen-bond donors (Lipinski definition) is 3. The Balaban J connectivity index is 1.59. The Morgan fingerprint density at radius 3 is 2.13 bits per heavy atom. The minimum Gasteiger partial charge on any atom is -0.509 e. The van der Waals surface area contributed by atoms with Gasteiger partial charge in [-0.1, -0.05) is 48.5 Å². The van der Waals surface area contributed by atoms with Gasteiger partial charge in [0.15, 0.2) is 5.84 Å². The Morgan fingerprint density at radius 2 is 1.48 bits per heavy atom. The molecule has 1 aliphatic heterocycles. The van der Waals surface area contributed by atoms with E-state index in [-0.39, 0.29) is 35.1 Å². The molecule has 0 atom stereocenters. The van der Waals surface area contributed by atoms with Crippen LogP contribution in [-0.2, 0) is 0 Å². The summed E-state index contributed by atoms with van der Waals surface area (Å²) >= 11 is 0. The van der Waals surface area contributed by atoms with Gasteiger partial charge in [-0.2, -0.15) is 0 Å². The normalized spacial score (nSPS) is 13.8. The van der Waals surface area contributed by atoms with Crippen LogP contribution in [0, 0.1) is 5.41 Å². The Kier molecular flexibility index (Phi) is 4.48. The van der Waals surface area contributed by atoms with Crippen LogP contribution in [0.3, 0.4) is 0 Å². The van der Waals surface area contributed by atoms with Crippen molar-refractivity contribution in [3.8, 4) is 0 Å². The molecule has 2 heterocycles. The van der Waals surface area contributed by atoms with Crippen LogP contribution >= 0.6 is 0 Å². The van der Waals surface area contributed by atoms with E-state index in [1.807, 2.05) is 65.7 Å². The van der Waals surface area contributed by atoms with Gasteiger partial charge in [-0.15, -0.1) is 0 Å². The number of anilines is 2. The van der Waals surface area contributed by atoms with Crippen molar-refractivity contribution in [2.75, 3.05) is 11.6 Å². The number of fused-ring (bicyclic) bond motifs is 1. The van der Waals surface area contributed by atoms with E-state index in [1.165, 1.54) is 0 Å². The van der Waals surface area contributed by atoms with Crippen LogP contribution in [0.2, 0.25) is 0 Å². The number of nitrogens with zero attached hydrogens (tertiary/aromatic N) is 3. The first-order valence-corrected chi connectivity index (χ1v) is 9.81. The fraction of sp³-hybridized carbons (Fsp3) is 0.0417. The maximum absolute atomic E-state index is 12.5. The number of hydrogen-bond acceptors (Lipinski definition) is 5. The van der Waals surface area contributed by atoms with Crippen LogP contribution in [0.15, 0.2) is 95.5 Å². The zero-order chi connectivity index (χ0) is 21.4. The third-order valence-electron chi connectivity index (χ3n) is 5.18. The first-order valence-electron chi connectivity index (χ1n) is 9.81. The van der Waals surface area contributed by atoms with Crippen LogP contribution in [-0.4, -0.2) is 32.5 Å². The predicted octanol–water partition coefficient (Wildman–Crippen LogP) is 4.24. The van der Waals surface area contributed by atoms with E-state index in [0.29, 0.717) is 10.9 Å². The summed E-state index contributed by atoms with van der Waals surface area (Å²) in [6, 6.07) is 26.3. The number of aromatic amines is 1. The van der Waals surface area contributed by atoms with Gasteiger partial charge in [-0.05, 0) is 36.4 Å². The van der Waals surface area contributed by atoms with Crippen molar-refractivity contribution >= 4 is 33.7 Å². The minimum absolute atomic E-state index is 0.0275. The average molecular weight is 409 g/mol. The topological polar surface area (TPSA) is 96.3 Å².